The van der Waals surface area contributed by atoms with Crippen LogP contribution in [-0.4, -0.2) is 77.0 Å². The number of hydrogen-bond donors (Lipinski definition) is 1. The summed E-state index contributed by atoms with van der Waals surface area (Å²) in [6, 6.07) is 9.85. The molecule has 3 amide bonds. The maximum atomic E-state index is 12.9. The van der Waals surface area contributed by atoms with E-state index >= 15 is 0 Å². The summed E-state index contributed by atoms with van der Waals surface area (Å²) in [4.78, 5) is 32.4. The van der Waals surface area contributed by atoms with Crippen LogP contribution >= 0.6 is 0 Å². The highest BCUT2D eigenvalue weighted by atomic mass is 16.2. The number of amides is 3. The number of likely N-dealkylation sites (tertiary alicyclic amines) is 2. The fourth-order valence-electron chi connectivity index (χ4n) is 6.38. The van der Waals surface area contributed by atoms with Gasteiger partial charge in [0.25, 0.3) is 5.91 Å². The van der Waals surface area contributed by atoms with E-state index in [2.05, 4.69) is 15.1 Å². The summed E-state index contributed by atoms with van der Waals surface area (Å²) in [5, 5.41) is 3.25. The number of fused-ring (bicyclic) bond motifs is 1. The lowest BCUT2D eigenvalue weighted by atomic mass is 9.89. The second-order valence-corrected chi connectivity index (χ2v) is 9.92. The van der Waals surface area contributed by atoms with E-state index in [0.29, 0.717) is 24.2 Å². The Morgan fingerprint density at radius 3 is 2.32 bits per heavy atom. The van der Waals surface area contributed by atoms with Gasteiger partial charge in [-0.2, -0.15) is 0 Å². The number of carbonyl (C=O) groups is 2. The minimum absolute atomic E-state index is 0.178. The number of benzene rings is 1. The van der Waals surface area contributed by atoms with Crippen LogP contribution in [0.5, 0.6) is 0 Å². The number of aryl methyl sites for hydroxylation is 1. The number of nitrogens with one attached hydrogen (secondary N) is 1. The summed E-state index contributed by atoms with van der Waals surface area (Å²) in [6.07, 6.45) is 9.08. The maximum absolute atomic E-state index is 12.9. The van der Waals surface area contributed by atoms with Crippen LogP contribution in [0.4, 0.5) is 4.79 Å². The van der Waals surface area contributed by atoms with Gasteiger partial charge in [0.05, 0.1) is 12.1 Å². The van der Waals surface area contributed by atoms with E-state index in [1.807, 2.05) is 36.1 Å². The number of rotatable bonds is 3. The highest BCUT2D eigenvalue weighted by Crippen LogP contribution is 2.33. The molecule has 6 heteroatoms. The highest BCUT2D eigenvalue weighted by molar-refractivity contribution is 5.95. The van der Waals surface area contributed by atoms with Crippen molar-refractivity contribution >= 4 is 11.9 Å². The molecule has 5 rings (SSSR count). The highest BCUT2D eigenvalue weighted by Gasteiger charge is 2.44. The number of nitrogens with zero attached hydrogens (tertiary/aromatic N) is 3. The molecule has 1 saturated carbocycles. The van der Waals surface area contributed by atoms with Crippen molar-refractivity contribution in [2.75, 3.05) is 26.2 Å². The minimum atomic E-state index is 0.178. The molecule has 3 heterocycles. The normalized spacial score (nSPS) is 28.5. The molecule has 2 atom stereocenters. The first kappa shape index (κ1) is 20.8. The predicted octanol–water partition coefficient (Wildman–Crippen LogP) is 3.40. The third kappa shape index (κ3) is 4.07. The summed E-state index contributed by atoms with van der Waals surface area (Å²) in [6.45, 7) is 5.84. The fourth-order valence-corrected chi connectivity index (χ4v) is 6.38. The van der Waals surface area contributed by atoms with Crippen molar-refractivity contribution < 1.29 is 9.59 Å². The lowest BCUT2D eigenvalue weighted by molar-refractivity contribution is 0.0471. The van der Waals surface area contributed by atoms with Gasteiger partial charge in [0.15, 0.2) is 0 Å². The smallest absolute Gasteiger partial charge is 0.318 e. The molecule has 4 fully saturated rings. The van der Waals surface area contributed by atoms with Crippen LogP contribution in [0, 0.1) is 6.92 Å². The zero-order valence-electron chi connectivity index (χ0n) is 18.8. The largest absolute Gasteiger partial charge is 0.339 e. The van der Waals surface area contributed by atoms with E-state index in [9.17, 15) is 9.59 Å². The molecule has 1 aromatic rings. The average Bonchev–Trinajstić information content (AvgIpc) is 3.15. The summed E-state index contributed by atoms with van der Waals surface area (Å²) >= 11 is 0. The summed E-state index contributed by atoms with van der Waals surface area (Å²) < 4.78 is 0. The SMILES string of the molecule is Cc1ccccc1C(=O)N1CCC(N2CCC(N3C(=O)N[C@@H]4CCCC[C@H]43)CC2)CC1. The third-order valence-corrected chi connectivity index (χ3v) is 8.17. The zero-order valence-corrected chi connectivity index (χ0v) is 18.8. The Balaban J connectivity index is 1.13. The Morgan fingerprint density at radius 1 is 0.903 bits per heavy atom. The van der Waals surface area contributed by atoms with Gasteiger partial charge in [-0.25, -0.2) is 4.79 Å². The Bertz CT molecular complexity index is 811. The molecule has 0 bridgehead atoms. The Morgan fingerprint density at radius 2 is 1.58 bits per heavy atom. The van der Waals surface area contributed by atoms with E-state index in [0.717, 1.165) is 75.8 Å². The molecule has 0 unspecified atom stereocenters. The third-order valence-electron chi connectivity index (χ3n) is 8.17. The molecule has 31 heavy (non-hydrogen) atoms. The van der Waals surface area contributed by atoms with Gasteiger partial charge in [-0.15, -0.1) is 0 Å². The lowest BCUT2D eigenvalue weighted by Crippen LogP contribution is -2.53. The van der Waals surface area contributed by atoms with Crippen LogP contribution in [-0.2, 0) is 0 Å². The molecule has 1 aromatic carbocycles. The van der Waals surface area contributed by atoms with Gasteiger partial charge in [0.2, 0.25) is 0 Å². The lowest BCUT2D eigenvalue weighted by Gasteiger charge is -2.44. The quantitative estimate of drug-likeness (QED) is 0.809. The van der Waals surface area contributed by atoms with Crippen molar-refractivity contribution in [3.8, 4) is 0 Å². The molecule has 0 aromatic heterocycles. The Labute approximate surface area is 185 Å². The summed E-state index contributed by atoms with van der Waals surface area (Å²) in [5.74, 6) is 0.178. The molecule has 4 aliphatic rings. The molecule has 0 spiro atoms. The number of urea groups is 1. The molecule has 6 nitrogen and oxygen atoms in total. The minimum Gasteiger partial charge on any atom is -0.339 e. The van der Waals surface area contributed by atoms with Crippen LogP contribution < -0.4 is 5.32 Å². The van der Waals surface area contributed by atoms with Gasteiger partial charge in [-0.3, -0.25) is 4.79 Å². The topological polar surface area (TPSA) is 55.9 Å². The van der Waals surface area contributed by atoms with E-state index < -0.39 is 0 Å². The first-order chi connectivity index (χ1) is 15.1. The number of hydrogen-bond acceptors (Lipinski definition) is 3. The van der Waals surface area contributed by atoms with Gasteiger partial charge >= 0.3 is 6.03 Å². The van der Waals surface area contributed by atoms with Crippen molar-refractivity contribution in [1.29, 1.82) is 0 Å². The maximum Gasteiger partial charge on any atom is 0.318 e. The second-order valence-electron chi connectivity index (χ2n) is 9.92. The molecule has 1 N–H and O–H groups in total. The molecule has 3 saturated heterocycles. The first-order valence-corrected chi connectivity index (χ1v) is 12.3. The van der Waals surface area contributed by atoms with Crippen molar-refractivity contribution in [1.82, 2.24) is 20.0 Å². The van der Waals surface area contributed by atoms with Crippen LogP contribution in [0.1, 0.15) is 67.3 Å². The van der Waals surface area contributed by atoms with Gasteiger partial charge in [-0.1, -0.05) is 31.0 Å². The Kier molecular flexibility index (Phi) is 5.91. The zero-order chi connectivity index (χ0) is 21.4. The molecular weight excluding hydrogens is 388 g/mol. The van der Waals surface area contributed by atoms with Crippen molar-refractivity contribution in [2.24, 2.45) is 0 Å². The van der Waals surface area contributed by atoms with Crippen molar-refractivity contribution in [2.45, 2.75) is 82.5 Å². The van der Waals surface area contributed by atoms with Gasteiger partial charge in [-0.05, 0) is 57.1 Å². The molecule has 168 valence electrons. The molecule has 0 radical (unpaired) electrons. The van der Waals surface area contributed by atoms with Crippen LogP contribution in [0.2, 0.25) is 0 Å². The fraction of sp³-hybridized carbons (Fsp3) is 0.680. The van der Waals surface area contributed by atoms with Crippen LogP contribution in [0.3, 0.4) is 0 Å². The predicted molar refractivity (Wildman–Crippen MR) is 121 cm³/mol. The summed E-state index contributed by atoms with van der Waals surface area (Å²) in [7, 11) is 0. The number of carbonyl (C=O) groups excluding carboxylic acids is 2. The number of piperidine rings is 2. The Hall–Kier alpha value is -2.08. The van der Waals surface area contributed by atoms with E-state index in [1.165, 1.54) is 12.8 Å². The molecule has 3 aliphatic heterocycles. The van der Waals surface area contributed by atoms with Gasteiger partial charge in [0, 0.05) is 43.8 Å². The molecule has 1 aliphatic carbocycles. The first-order valence-electron chi connectivity index (χ1n) is 12.3. The monoisotopic (exact) mass is 424 g/mol. The standard InChI is InChI=1S/C25H36N4O2/c1-18-6-2-3-7-21(18)24(30)28-16-10-19(11-17-28)27-14-12-20(13-15-27)29-23-9-5-4-8-22(23)26-25(29)31/h2-3,6-7,19-20,22-23H,4-5,8-17H2,1H3,(H,26,31)/t22-,23-/m1/s1. The van der Waals surface area contributed by atoms with Crippen LogP contribution in [0.25, 0.3) is 0 Å². The van der Waals surface area contributed by atoms with E-state index in [4.69, 9.17) is 0 Å². The second kappa shape index (κ2) is 8.81. The van der Waals surface area contributed by atoms with Crippen LogP contribution in [0.15, 0.2) is 24.3 Å². The molecular formula is C25H36N4O2. The van der Waals surface area contributed by atoms with E-state index in [1.54, 1.807) is 0 Å². The van der Waals surface area contributed by atoms with Crippen molar-refractivity contribution in [3.05, 3.63) is 35.4 Å². The van der Waals surface area contributed by atoms with E-state index in [-0.39, 0.29) is 11.9 Å². The average molecular weight is 425 g/mol. The summed E-state index contributed by atoms with van der Waals surface area (Å²) in [5.41, 5.74) is 1.90. The van der Waals surface area contributed by atoms with Gasteiger partial charge in [0.1, 0.15) is 0 Å². The van der Waals surface area contributed by atoms with Crippen molar-refractivity contribution in [3.63, 3.8) is 0 Å². The van der Waals surface area contributed by atoms with Gasteiger partial charge < -0.3 is 20.0 Å².